The molecule has 1 aliphatic heterocycles. The lowest BCUT2D eigenvalue weighted by Crippen LogP contribution is -2.36. The van der Waals surface area contributed by atoms with Crippen LogP contribution in [0.15, 0.2) is 18.2 Å². The van der Waals surface area contributed by atoms with Gasteiger partial charge in [0.1, 0.15) is 5.75 Å². The van der Waals surface area contributed by atoms with E-state index in [2.05, 4.69) is 41.5 Å². The summed E-state index contributed by atoms with van der Waals surface area (Å²) >= 11 is 4.37. The van der Waals surface area contributed by atoms with Gasteiger partial charge in [-0.15, -0.1) is 0 Å². The Morgan fingerprint density at radius 2 is 2.05 bits per heavy atom. The van der Waals surface area contributed by atoms with Gasteiger partial charge in [0.05, 0.1) is 26.4 Å². The molecule has 0 N–H and O–H groups in total. The van der Waals surface area contributed by atoms with Gasteiger partial charge in [0, 0.05) is 24.4 Å². The zero-order valence-corrected chi connectivity index (χ0v) is 13.8. The van der Waals surface area contributed by atoms with Crippen molar-refractivity contribution in [1.29, 1.82) is 0 Å². The smallest absolute Gasteiger partial charge is 0.120 e. The number of ether oxygens (including phenoxy) is 2. The highest BCUT2D eigenvalue weighted by Gasteiger charge is 2.21. The number of morpholine rings is 1. The molecule has 0 spiro atoms. The fourth-order valence-corrected chi connectivity index (χ4v) is 2.60. The van der Waals surface area contributed by atoms with Crippen LogP contribution >= 0.6 is 12.6 Å². The second-order valence-corrected chi connectivity index (χ2v) is 6.28. The Bertz CT molecular complexity index is 554. The fraction of sp³-hybridized carbons (Fsp3) is 0.556. The van der Waals surface area contributed by atoms with E-state index in [1.54, 1.807) is 0 Å². The number of nitrogens with zero attached hydrogens (tertiary/aromatic N) is 1. The first-order valence-electron chi connectivity index (χ1n) is 8.00. The van der Waals surface area contributed by atoms with E-state index in [1.165, 1.54) is 12.8 Å². The van der Waals surface area contributed by atoms with Gasteiger partial charge in [0.25, 0.3) is 0 Å². The van der Waals surface area contributed by atoms with Crippen LogP contribution in [0.25, 0.3) is 0 Å². The summed E-state index contributed by atoms with van der Waals surface area (Å²) in [6.45, 7) is 5.21. The van der Waals surface area contributed by atoms with Crippen LogP contribution in [0.3, 0.4) is 0 Å². The molecular weight excluding hydrogens is 294 g/mol. The van der Waals surface area contributed by atoms with Crippen molar-refractivity contribution in [2.24, 2.45) is 5.92 Å². The van der Waals surface area contributed by atoms with Crippen molar-refractivity contribution in [1.82, 2.24) is 4.90 Å². The van der Waals surface area contributed by atoms with Crippen LogP contribution in [0.2, 0.25) is 0 Å². The second-order valence-electron chi connectivity index (χ2n) is 5.97. The van der Waals surface area contributed by atoms with Crippen LogP contribution in [0.4, 0.5) is 0 Å². The van der Waals surface area contributed by atoms with Gasteiger partial charge in [-0.05, 0) is 42.5 Å². The standard InChI is InChI=1S/C18H23NO2S/c22-14-17-10-16(2-1-5-19-6-8-20-9-7-19)11-18(12-17)21-13-15-3-4-15/h10-12,15,22H,3-9,13-14H2. The lowest BCUT2D eigenvalue weighted by molar-refractivity contribution is 0.0443. The molecule has 0 atom stereocenters. The van der Waals surface area contributed by atoms with Crippen molar-refractivity contribution in [2.45, 2.75) is 18.6 Å². The lowest BCUT2D eigenvalue weighted by atomic mass is 10.1. The van der Waals surface area contributed by atoms with Crippen molar-refractivity contribution in [3.63, 3.8) is 0 Å². The quantitative estimate of drug-likeness (QED) is 0.666. The predicted octanol–water partition coefficient (Wildman–Crippen LogP) is 2.59. The van der Waals surface area contributed by atoms with Crippen LogP contribution in [0.5, 0.6) is 5.75 Å². The van der Waals surface area contributed by atoms with Crippen LogP contribution in [0.1, 0.15) is 24.0 Å². The Kier molecular flexibility index (Phi) is 5.66. The SMILES string of the molecule is SCc1cc(C#CCN2CCOCC2)cc(OCC2CC2)c1. The average Bonchev–Trinajstić information content (AvgIpc) is 3.38. The maximum absolute atomic E-state index is 5.88. The monoisotopic (exact) mass is 317 g/mol. The topological polar surface area (TPSA) is 21.7 Å². The van der Waals surface area contributed by atoms with Crippen molar-refractivity contribution in [2.75, 3.05) is 39.5 Å². The highest BCUT2D eigenvalue weighted by molar-refractivity contribution is 7.79. The third kappa shape index (κ3) is 4.95. The van der Waals surface area contributed by atoms with Gasteiger partial charge in [-0.2, -0.15) is 12.6 Å². The van der Waals surface area contributed by atoms with E-state index >= 15 is 0 Å². The van der Waals surface area contributed by atoms with Crippen molar-refractivity contribution in [3.8, 4) is 17.6 Å². The van der Waals surface area contributed by atoms with Crippen molar-refractivity contribution < 1.29 is 9.47 Å². The molecule has 22 heavy (non-hydrogen) atoms. The molecule has 0 unspecified atom stereocenters. The minimum absolute atomic E-state index is 0.707. The van der Waals surface area contributed by atoms with E-state index in [-0.39, 0.29) is 0 Å². The van der Waals surface area contributed by atoms with Crippen LogP contribution in [0, 0.1) is 17.8 Å². The third-order valence-corrected chi connectivity index (χ3v) is 4.34. The normalized spacial score (nSPS) is 18.6. The van der Waals surface area contributed by atoms with Gasteiger partial charge in [-0.1, -0.05) is 11.8 Å². The summed E-state index contributed by atoms with van der Waals surface area (Å²) < 4.78 is 11.2. The highest BCUT2D eigenvalue weighted by Crippen LogP contribution is 2.30. The molecule has 3 nitrogen and oxygen atoms in total. The van der Waals surface area contributed by atoms with Gasteiger partial charge in [-0.3, -0.25) is 4.90 Å². The Balaban J connectivity index is 1.61. The molecule has 0 aromatic heterocycles. The van der Waals surface area contributed by atoms with Crippen LogP contribution in [-0.4, -0.2) is 44.4 Å². The zero-order chi connectivity index (χ0) is 15.2. The Hall–Kier alpha value is -1.15. The summed E-state index contributed by atoms with van der Waals surface area (Å²) in [6.07, 6.45) is 2.61. The average molecular weight is 317 g/mol. The Morgan fingerprint density at radius 3 is 2.77 bits per heavy atom. The molecule has 1 saturated heterocycles. The maximum atomic E-state index is 5.88. The van der Waals surface area contributed by atoms with Crippen LogP contribution in [-0.2, 0) is 10.5 Å². The summed E-state index contributed by atoms with van der Waals surface area (Å²) in [7, 11) is 0. The Labute approximate surface area is 138 Å². The first-order chi connectivity index (χ1) is 10.8. The summed E-state index contributed by atoms with van der Waals surface area (Å²) in [5.41, 5.74) is 2.18. The molecule has 1 aliphatic carbocycles. The van der Waals surface area contributed by atoms with Gasteiger partial charge < -0.3 is 9.47 Å². The number of rotatable bonds is 5. The highest BCUT2D eigenvalue weighted by atomic mass is 32.1. The molecule has 2 fully saturated rings. The third-order valence-electron chi connectivity index (χ3n) is 3.97. The zero-order valence-electron chi connectivity index (χ0n) is 12.9. The molecule has 1 saturated carbocycles. The van der Waals surface area contributed by atoms with Gasteiger partial charge in [-0.25, -0.2) is 0 Å². The summed E-state index contributed by atoms with van der Waals surface area (Å²) in [5, 5.41) is 0. The molecule has 0 radical (unpaired) electrons. The minimum atomic E-state index is 0.707. The van der Waals surface area contributed by atoms with E-state index in [4.69, 9.17) is 9.47 Å². The number of hydrogen-bond donors (Lipinski definition) is 1. The predicted molar refractivity (Wildman–Crippen MR) is 91.5 cm³/mol. The molecule has 0 bridgehead atoms. The molecule has 2 aliphatic rings. The van der Waals surface area contributed by atoms with E-state index in [9.17, 15) is 0 Å². The van der Waals surface area contributed by atoms with Crippen molar-refractivity contribution >= 4 is 12.6 Å². The largest absolute Gasteiger partial charge is 0.493 e. The van der Waals surface area contributed by atoms with Gasteiger partial charge in [0.15, 0.2) is 0 Å². The molecule has 1 aromatic carbocycles. The molecule has 1 heterocycles. The summed E-state index contributed by atoms with van der Waals surface area (Å²) in [4.78, 5) is 2.32. The number of hydrogen-bond acceptors (Lipinski definition) is 4. The van der Waals surface area contributed by atoms with E-state index in [1.807, 2.05) is 6.07 Å². The first kappa shape index (κ1) is 15.7. The first-order valence-corrected chi connectivity index (χ1v) is 8.63. The maximum Gasteiger partial charge on any atom is 0.120 e. The van der Waals surface area contributed by atoms with Gasteiger partial charge >= 0.3 is 0 Å². The van der Waals surface area contributed by atoms with Crippen LogP contribution < -0.4 is 4.74 Å². The van der Waals surface area contributed by atoms with E-state index < -0.39 is 0 Å². The number of benzene rings is 1. The summed E-state index contributed by atoms with van der Waals surface area (Å²) in [5.74, 6) is 8.92. The molecule has 1 aromatic rings. The minimum Gasteiger partial charge on any atom is -0.493 e. The second kappa shape index (κ2) is 7.92. The van der Waals surface area contributed by atoms with Crippen molar-refractivity contribution in [3.05, 3.63) is 29.3 Å². The molecule has 3 rings (SSSR count). The molecule has 0 amide bonds. The molecule has 118 valence electrons. The lowest BCUT2D eigenvalue weighted by Gasteiger charge is -2.24. The summed E-state index contributed by atoms with van der Waals surface area (Å²) in [6, 6.07) is 6.22. The van der Waals surface area contributed by atoms with E-state index in [0.29, 0.717) is 5.75 Å². The molecular formula is C18H23NO2S. The van der Waals surface area contributed by atoms with E-state index in [0.717, 1.165) is 62.2 Å². The number of thiol groups is 1. The Morgan fingerprint density at radius 1 is 1.23 bits per heavy atom. The van der Waals surface area contributed by atoms with Gasteiger partial charge in [0.2, 0.25) is 0 Å². The molecule has 4 heteroatoms. The fourth-order valence-electron chi connectivity index (χ4n) is 2.42.